The summed E-state index contributed by atoms with van der Waals surface area (Å²) in [5.74, 6) is 1.54. The second-order valence-electron chi connectivity index (χ2n) is 6.64. The first kappa shape index (κ1) is 18.8. The van der Waals surface area contributed by atoms with Crippen LogP contribution >= 0.6 is 0 Å². The van der Waals surface area contributed by atoms with Gasteiger partial charge in [0.2, 0.25) is 0 Å². The van der Waals surface area contributed by atoms with Gasteiger partial charge in [0.25, 0.3) is 5.91 Å². The van der Waals surface area contributed by atoms with Crippen LogP contribution in [0.4, 0.5) is 5.82 Å². The number of aromatic nitrogens is 4. The largest absolute Gasteiger partial charge is 0.368 e. The molecule has 0 saturated carbocycles. The average molecular weight is 366 g/mol. The molecular formula is C20H26N6O. The van der Waals surface area contributed by atoms with E-state index in [2.05, 4.69) is 32.6 Å². The fourth-order valence-corrected chi connectivity index (χ4v) is 3.01. The second kappa shape index (κ2) is 8.62. The highest BCUT2D eigenvalue weighted by Crippen LogP contribution is 2.15. The molecule has 0 aliphatic heterocycles. The Labute approximate surface area is 159 Å². The molecular weight excluding hydrogens is 340 g/mol. The number of amides is 1. The summed E-state index contributed by atoms with van der Waals surface area (Å²) in [6, 6.07) is 5.81. The predicted octanol–water partition coefficient (Wildman–Crippen LogP) is 2.93. The minimum absolute atomic E-state index is 0.122. The van der Waals surface area contributed by atoms with Crippen LogP contribution in [0.15, 0.2) is 30.6 Å². The summed E-state index contributed by atoms with van der Waals surface area (Å²) >= 11 is 0. The van der Waals surface area contributed by atoms with Crippen LogP contribution in [0.1, 0.15) is 47.2 Å². The van der Waals surface area contributed by atoms with Crippen molar-refractivity contribution in [3.05, 3.63) is 53.2 Å². The predicted molar refractivity (Wildman–Crippen MR) is 106 cm³/mol. The number of nitrogens with zero attached hydrogens (tertiary/aromatic N) is 4. The third kappa shape index (κ3) is 4.61. The number of aryl methyl sites for hydroxylation is 3. The molecule has 7 heteroatoms. The van der Waals surface area contributed by atoms with Crippen LogP contribution in [0.25, 0.3) is 5.52 Å². The van der Waals surface area contributed by atoms with E-state index in [9.17, 15) is 4.79 Å². The number of hydrogen-bond donors (Lipinski definition) is 2. The molecule has 0 aliphatic rings. The molecule has 0 unspecified atom stereocenters. The molecule has 0 bridgehead atoms. The molecule has 0 radical (unpaired) electrons. The quantitative estimate of drug-likeness (QED) is 0.599. The summed E-state index contributed by atoms with van der Waals surface area (Å²) < 4.78 is 1.73. The van der Waals surface area contributed by atoms with Crippen LogP contribution < -0.4 is 10.6 Å². The molecule has 0 aliphatic carbocycles. The number of unbranched alkanes of at least 4 members (excludes halogenated alkanes) is 1. The van der Waals surface area contributed by atoms with Gasteiger partial charge in [-0.25, -0.2) is 14.5 Å². The first-order chi connectivity index (χ1) is 13.1. The van der Waals surface area contributed by atoms with Gasteiger partial charge in [0.05, 0.1) is 17.3 Å². The fourth-order valence-electron chi connectivity index (χ4n) is 3.01. The first-order valence-corrected chi connectivity index (χ1v) is 9.38. The number of pyridine rings is 1. The number of anilines is 1. The zero-order valence-corrected chi connectivity index (χ0v) is 16.1. The smallest absolute Gasteiger partial charge is 0.255 e. The van der Waals surface area contributed by atoms with Crippen molar-refractivity contribution in [3.63, 3.8) is 0 Å². The SMILES string of the molecule is CCCCc1nc(C)cc(NCCNC(=O)c2cnn3cccc(C)c23)n1. The first-order valence-electron chi connectivity index (χ1n) is 9.38. The van der Waals surface area contributed by atoms with Crippen molar-refractivity contribution in [2.75, 3.05) is 18.4 Å². The topological polar surface area (TPSA) is 84.2 Å². The Morgan fingerprint density at radius 1 is 1.22 bits per heavy atom. The van der Waals surface area contributed by atoms with E-state index >= 15 is 0 Å². The number of hydrogen-bond acceptors (Lipinski definition) is 5. The number of carbonyl (C=O) groups is 1. The highest BCUT2D eigenvalue weighted by atomic mass is 16.1. The minimum atomic E-state index is -0.122. The van der Waals surface area contributed by atoms with Crippen molar-refractivity contribution in [3.8, 4) is 0 Å². The van der Waals surface area contributed by atoms with Gasteiger partial charge in [0, 0.05) is 37.5 Å². The third-order valence-electron chi connectivity index (χ3n) is 4.36. The average Bonchev–Trinajstić information content (AvgIpc) is 3.09. The Bertz CT molecular complexity index is 933. The summed E-state index contributed by atoms with van der Waals surface area (Å²) in [5.41, 5.74) is 3.40. The van der Waals surface area contributed by atoms with Crippen LogP contribution in [0.5, 0.6) is 0 Å². The minimum Gasteiger partial charge on any atom is -0.368 e. The van der Waals surface area contributed by atoms with E-state index in [0.717, 1.165) is 47.7 Å². The van der Waals surface area contributed by atoms with E-state index in [1.54, 1.807) is 10.7 Å². The van der Waals surface area contributed by atoms with Gasteiger partial charge in [0.1, 0.15) is 11.6 Å². The number of rotatable bonds is 8. The van der Waals surface area contributed by atoms with Crippen molar-refractivity contribution >= 4 is 17.2 Å². The van der Waals surface area contributed by atoms with Crippen LogP contribution in [0.3, 0.4) is 0 Å². The number of nitrogens with one attached hydrogen (secondary N) is 2. The molecule has 0 spiro atoms. The van der Waals surface area contributed by atoms with Crippen LogP contribution in [0.2, 0.25) is 0 Å². The van der Waals surface area contributed by atoms with Gasteiger partial charge in [-0.15, -0.1) is 0 Å². The maximum absolute atomic E-state index is 12.5. The number of carbonyl (C=O) groups excluding carboxylic acids is 1. The lowest BCUT2D eigenvalue weighted by molar-refractivity contribution is 0.0956. The molecule has 0 fully saturated rings. The summed E-state index contributed by atoms with van der Waals surface area (Å²) in [5, 5.41) is 10.4. The molecule has 0 atom stereocenters. The van der Waals surface area contributed by atoms with Crippen LogP contribution in [-0.2, 0) is 6.42 Å². The molecule has 3 heterocycles. The normalized spacial score (nSPS) is 10.9. The molecule has 3 aromatic rings. The molecule has 0 saturated heterocycles. The lowest BCUT2D eigenvalue weighted by atomic mass is 10.2. The van der Waals surface area contributed by atoms with Gasteiger partial charge in [-0.2, -0.15) is 5.10 Å². The molecule has 0 aromatic carbocycles. The zero-order valence-electron chi connectivity index (χ0n) is 16.1. The van der Waals surface area contributed by atoms with E-state index < -0.39 is 0 Å². The summed E-state index contributed by atoms with van der Waals surface area (Å²) in [6.45, 7) is 7.19. The van der Waals surface area contributed by atoms with Crippen molar-refractivity contribution < 1.29 is 4.79 Å². The standard InChI is InChI=1S/C20H26N6O/c1-4-5-8-17-24-15(3)12-18(25-17)21-9-10-22-20(27)16-13-23-26-11-6-7-14(2)19(16)26/h6-7,11-13H,4-5,8-10H2,1-3H3,(H,22,27)(H,21,24,25). The Morgan fingerprint density at radius 2 is 2.07 bits per heavy atom. The summed E-state index contributed by atoms with van der Waals surface area (Å²) in [7, 11) is 0. The van der Waals surface area contributed by atoms with Crippen LogP contribution in [-0.4, -0.2) is 38.6 Å². The summed E-state index contributed by atoms with van der Waals surface area (Å²) in [4.78, 5) is 21.5. The Morgan fingerprint density at radius 3 is 2.89 bits per heavy atom. The van der Waals surface area contributed by atoms with Gasteiger partial charge in [-0.05, 0) is 31.9 Å². The van der Waals surface area contributed by atoms with E-state index in [0.29, 0.717) is 18.7 Å². The molecule has 1 amide bonds. The molecule has 7 nitrogen and oxygen atoms in total. The zero-order chi connectivity index (χ0) is 19.2. The second-order valence-corrected chi connectivity index (χ2v) is 6.64. The van der Waals surface area contributed by atoms with Crippen molar-refractivity contribution in [2.45, 2.75) is 40.0 Å². The van der Waals surface area contributed by atoms with Crippen molar-refractivity contribution in [2.24, 2.45) is 0 Å². The van der Waals surface area contributed by atoms with Crippen molar-refractivity contribution in [1.82, 2.24) is 24.9 Å². The lowest BCUT2D eigenvalue weighted by Gasteiger charge is -2.09. The molecule has 2 N–H and O–H groups in total. The lowest BCUT2D eigenvalue weighted by Crippen LogP contribution is -2.29. The summed E-state index contributed by atoms with van der Waals surface area (Å²) in [6.07, 6.45) is 6.54. The van der Waals surface area contributed by atoms with E-state index in [1.807, 2.05) is 38.2 Å². The van der Waals surface area contributed by atoms with E-state index in [-0.39, 0.29) is 5.91 Å². The Kier molecular flexibility index (Phi) is 6.01. The Hall–Kier alpha value is -2.96. The highest BCUT2D eigenvalue weighted by molar-refractivity contribution is 6.01. The molecule has 3 rings (SSSR count). The van der Waals surface area contributed by atoms with Crippen molar-refractivity contribution in [1.29, 1.82) is 0 Å². The van der Waals surface area contributed by atoms with Gasteiger partial charge in [-0.1, -0.05) is 19.4 Å². The fraction of sp³-hybridized carbons (Fsp3) is 0.400. The highest BCUT2D eigenvalue weighted by Gasteiger charge is 2.13. The van der Waals surface area contributed by atoms with Crippen LogP contribution in [0, 0.1) is 13.8 Å². The Balaban J connectivity index is 1.55. The number of fused-ring (bicyclic) bond motifs is 1. The third-order valence-corrected chi connectivity index (χ3v) is 4.36. The van der Waals surface area contributed by atoms with E-state index in [1.165, 1.54) is 0 Å². The van der Waals surface area contributed by atoms with Gasteiger partial charge >= 0.3 is 0 Å². The molecule has 27 heavy (non-hydrogen) atoms. The monoisotopic (exact) mass is 366 g/mol. The maximum atomic E-state index is 12.5. The van der Waals surface area contributed by atoms with Gasteiger partial charge in [0.15, 0.2) is 0 Å². The maximum Gasteiger partial charge on any atom is 0.255 e. The van der Waals surface area contributed by atoms with Gasteiger partial charge in [-0.3, -0.25) is 4.79 Å². The van der Waals surface area contributed by atoms with Gasteiger partial charge < -0.3 is 10.6 Å². The molecule has 142 valence electrons. The molecule has 3 aromatic heterocycles. The van der Waals surface area contributed by atoms with E-state index in [4.69, 9.17) is 0 Å².